The molecule has 0 radical (unpaired) electrons. The molecule has 0 spiro atoms. The van der Waals surface area contributed by atoms with Gasteiger partial charge in [0.1, 0.15) is 6.54 Å². The number of aliphatic hydroxyl groups is 1. The lowest BCUT2D eigenvalue weighted by atomic mass is 10.1. The molecule has 3 rings (SSSR count). The molecule has 4 N–H and O–H groups in total. The summed E-state index contributed by atoms with van der Waals surface area (Å²) in [5.74, 6) is -0.200. The normalized spacial score (nSPS) is 20.6. The first-order chi connectivity index (χ1) is 9.63. The molecule has 104 valence electrons. The lowest BCUT2D eigenvalue weighted by Gasteiger charge is -2.17. The third kappa shape index (κ3) is 2.37. The van der Waals surface area contributed by atoms with Crippen molar-refractivity contribution in [1.29, 1.82) is 0 Å². The molecule has 0 saturated heterocycles. The van der Waals surface area contributed by atoms with Crippen molar-refractivity contribution in [2.24, 2.45) is 0 Å². The number of anilines is 1. The van der Waals surface area contributed by atoms with Gasteiger partial charge in [0.15, 0.2) is 0 Å². The number of carbonyl (C=O) groups is 1. The summed E-state index contributed by atoms with van der Waals surface area (Å²) < 4.78 is 1.47. The Morgan fingerprint density at radius 2 is 2.30 bits per heavy atom. The number of nitrogens with two attached hydrogens (primary N) is 1. The minimum Gasteiger partial charge on any atom is -0.396 e. The number of nitrogens with one attached hydrogen (secondary N) is 1. The van der Waals surface area contributed by atoms with Crippen LogP contribution < -0.4 is 11.1 Å². The lowest BCUT2D eigenvalue weighted by Crippen LogP contribution is -2.36. The molecule has 2 aromatic rings. The van der Waals surface area contributed by atoms with Crippen LogP contribution in [0.2, 0.25) is 0 Å². The van der Waals surface area contributed by atoms with Crippen LogP contribution in [0.1, 0.15) is 17.2 Å². The van der Waals surface area contributed by atoms with Crippen LogP contribution >= 0.6 is 0 Å². The van der Waals surface area contributed by atoms with Gasteiger partial charge in [0.05, 0.1) is 24.0 Å². The van der Waals surface area contributed by atoms with Gasteiger partial charge in [-0.25, -0.2) is 0 Å². The van der Waals surface area contributed by atoms with E-state index in [0.717, 1.165) is 11.1 Å². The van der Waals surface area contributed by atoms with Crippen LogP contribution in [0.15, 0.2) is 36.7 Å². The van der Waals surface area contributed by atoms with E-state index in [1.165, 1.54) is 10.9 Å². The van der Waals surface area contributed by atoms with Crippen LogP contribution in [0.3, 0.4) is 0 Å². The predicted molar refractivity (Wildman–Crippen MR) is 73.7 cm³/mol. The fourth-order valence-electron chi connectivity index (χ4n) is 2.58. The van der Waals surface area contributed by atoms with Crippen LogP contribution in [0.5, 0.6) is 0 Å². The monoisotopic (exact) mass is 272 g/mol. The SMILES string of the molecule is Nc1cnn(CC(=O)N[C@@H]2c3ccccc3C[C@@H]2O)c1. The Kier molecular flexibility index (Phi) is 3.15. The largest absolute Gasteiger partial charge is 0.396 e. The zero-order valence-electron chi connectivity index (χ0n) is 10.9. The fraction of sp³-hybridized carbons (Fsp3) is 0.286. The maximum Gasteiger partial charge on any atom is 0.242 e. The maximum absolute atomic E-state index is 12.0. The molecular weight excluding hydrogens is 256 g/mol. The molecule has 1 heterocycles. The van der Waals surface area contributed by atoms with E-state index in [1.807, 2.05) is 24.3 Å². The number of rotatable bonds is 3. The highest BCUT2D eigenvalue weighted by atomic mass is 16.3. The van der Waals surface area contributed by atoms with E-state index in [9.17, 15) is 9.90 Å². The third-order valence-electron chi connectivity index (χ3n) is 3.48. The van der Waals surface area contributed by atoms with Gasteiger partial charge in [-0.05, 0) is 11.1 Å². The summed E-state index contributed by atoms with van der Waals surface area (Å²) in [6, 6.07) is 7.39. The molecule has 1 amide bonds. The number of nitrogen functional groups attached to an aromatic ring is 1. The molecule has 1 aromatic heterocycles. The van der Waals surface area contributed by atoms with E-state index in [0.29, 0.717) is 12.1 Å². The van der Waals surface area contributed by atoms with E-state index in [1.54, 1.807) is 6.20 Å². The second-order valence-electron chi connectivity index (χ2n) is 4.99. The Morgan fingerprint density at radius 3 is 3.05 bits per heavy atom. The van der Waals surface area contributed by atoms with Gasteiger partial charge in [-0.15, -0.1) is 0 Å². The van der Waals surface area contributed by atoms with Gasteiger partial charge >= 0.3 is 0 Å². The number of nitrogens with zero attached hydrogens (tertiary/aromatic N) is 2. The van der Waals surface area contributed by atoms with Gasteiger partial charge in [-0.3, -0.25) is 9.48 Å². The zero-order chi connectivity index (χ0) is 14.1. The van der Waals surface area contributed by atoms with E-state index in [2.05, 4.69) is 10.4 Å². The first kappa shape index (κ1) is 12.7. The summed E-state index contributed by atoms with van der Waals surface area (Å²) in [7, 11) is 0. The first-order valence-corrected chi connectivity index (χ1v) is 6.46. The number of hydrogen-bond acceptors (Lipinski definition) is 4. The van der Waals surface area contributed by atoms with Crippen molar-refractivity contribution in [2.75, 3.05) is 5.73 Å². The van der Waals surface area contributed by atoms with Crippen molar-refractivity contribution in [2.45, 2.75) is 25.1 Å². The van der Waals surface area contributed by atoms with E-state index in [4.69, 9.17) is 5.73 Å². The van der Waals surface area contributed by atoms with Crippen molar-refractivity contribution < 1.29 is 9.90 Å². The van der Waals surface area contributed by atoms with Crippen LogP contribution in [-0.2, 0) is 17.8 Å². The first-order valence-electron chi connectivity index (χ1n) is 6.46. The van der Waals surface area contributed by atoms with Crippen LogP contribution in [0.4, 0.5) is 5.69 Å². The number of carbonyl (C=O) groups excluding carboxylic acids is 1. The summed E-state index contributed by atoms with van der Waals surface area (Å²) in [5, 5.41) is 16.9. The van der Waals surface area contributed by atoms with Crippen molar-refractivity contribution in [3.8, 4) is 0 Å². The second kappa shape index (κ2) is 4.97. The highest BCUT2D eigenvalue weighted by Gasteiger charge is 2.31. The maximum atomic E-state index is 12.0. The molecular formula is C14H16N4O2. The number of amides is 1. The molecule has 0 saturated carbocycles. The molecule has 2 atom stereocenters. The van der Waals surface area contributed by atoms with Crippen molar-refractivity contribution >= 4 is 11.6 Å². The average Bonchev–Trinajstić information content (AvgIpc) is 2.94. The van der Waals surface area contributed by atoms with E-state index >= 15 is 0 Å². The van der Waals surface area contributed by atoms with Gasteiger partial charge in [0.2, 0.25) is 5.91 Å². The Labute approximate surface area is 116 Å². The number of aliphatic hydroxyl groups excluding tert-OH is 1. The quantitative estimate of drug-likeness (QED) is 0.746. The summed E-state index contributed by atoms with van der Waals surface area (Å²) in [4.78, 5) is 12.0. The van der Waals surface area contributed by atoms with Gasteiger partial charge in [0, 0.05) is 12.6 Å². The summed E-state index contributed by atoms with van der Waals surface area (Å²) in [6.07, 6.45) is 3.07. The highest BCUT2D eigenvalue weighted by molar-refractivity contribution is 5.76. The van der Waals surface area contributed by atoms with Crippen LogP contribution in [-0.4, -0.2) is 26.9 Å². The number of aromatic nitrogens is 2. The van der Waals surface area contributed by atoms with Crippen molar-refractivity contribution in [3.63, 3.8) is 0 Å². The Balaban J connectivity index is 1.70. The standard InChI is InChI=1S/C14H16N4O2/c15-10-6-16-18(7-10)8-13(20)17-14-11-4-2-1-3-9(11)5-12(14)19/h1-4,6-7,12,14,19H,5,8,15H2,(H,17,20)/t12-,14+/m0/s1. The van der Waals surface area contributed by atoms with E-state index < -0.39 is 6.10 Å². The summed E-state index contributed by atoms with van der Waals surface area (Å²) in [5.41, 5.74) is 8.12. The molecule has 20 heavy (non-hydrogen) atoms. The number of benzene rings is 1. The Bertz CT molecular complexity index is 638. The third-order valence-corrected chi connectivity index (χ3v) is 3.48. The highest BCUT2D eigenvalue weighted by Crippen LogP contribution is 2.31. The van der Waals surface area contributed by atoms with Gasteiger partial charge in [-0.1, -0.05) is 24.3 Å². The Hall–Kier alpha value is -2.34. The number of fused-ring (bicyclic) bond motifs is 1. The minimum absolute atomic E-state index is 0.0859. The van der Waals surface area contributed by atoms with Gasteiger partial charge < -0.3 is 16.2 Å². The minimum atomic E-state index is -0.584. The number of hydrogen-bond donors (Lipinski definition) is 3. The molecule has 0 bridgehead atoms. The smallest absolute Gasteiger partial charge is 0.242 e. The van der Waals surface area contributed by atoms with Crippen molar-refractivity contribution in [1.82, 2.24) is 15.1 Å². The topological polar surface area (TPSA) is 93.2 Å². The molecule has 6 nitrogen and oxygen atoms in total. The lowest BCUT2D eigenvalue weighted by molar-refractivity contribution is -0.123. The molecule has 1 aliphatic rings. The van der Waals surface area contributed by atoms with Gasteiger partial charge in [-0.2, -0.15) is 5.10 Å². The summed E-state index contributed by atoms with van der Waals surface area (Å²) in [6.45, 7) is 0.0859. The molecule has 0 fully saturated rings. The summed E-state index contributed by atoms with van der Waals surface area (Å²) >= 11 is 0. The predicted octanol–water partition coefficient (Wildman–Crippen LogP) is 0.240. The molecule has 0 aliphatic heterocycles. The van der Waals surface area contributed by atoms with Crippen LogP contribution in [0, 0.1) is 0 Å². The molecule has 1 aromatic carbocycles. The van der Waals surface area contributed by atoms with Gasteiger partial charge in [0.25, 0.3) is 0 Å². The molecule has 1 aliphatic carbocycles. The average molecular weight is 272 g/mol. The Morgan fingerprint density at radius 1 is 1.50 bits per heavy atom. The molecule has 0 unspecified atom stereocenters. The van der Waals surface area contributed by atoms with Crippen molar-refractivity contribution in [3.05, 3.63) is 47.8 Å². The zero-order valence-corrected chi connectivity index (χ0v) is 10.9. The van der Waals surface area contributed by atoms with Crippen LogP contribution in [0.25, 0.3) is 0 Å². The fourth-order valence-corrected chi connectivity index (χ4v) is 2.58. The second-order valence-corrected chi connectivity index (χ2v) is 4.99. The van der Waals surface area contributed by atoms with E-state index in [-0.39, 0.29) is 18.5 Å². The molecule has 6 heteroatoms.